The van der Waals surface area contributed by atoms with Crippen LogP contribution in [-0.4, -0.2) is 26.9 Å². The van der Waals surface area contributed by atoms with Gasteiger partial charge in [0.25, 0.3) is 0 Å². The van der Waals surface area contributed by atoms with E-state index in [4.69, 9.17) is 15.2 Å². The van der Waals surface area contributed by atoms with Crippen molar-refractivity contribution in [2.45, 2.75) is 20.3 Å². The normalized spacial score (nSPS) is 10.5. The molecule has 3 heteroatoms. The van der Waals surface area contributed by atoms with Crippen LogP contribution in [0.5, 0.6) is 5.75 Å². The van der Waals surface area contributed by atoms with Crippen molar-refractivity contribution in [3.05, 3.63) is 28.8 Å². The first-order chi connectivity index (χ1) is 7.69. The Bertz CT molecular complexity index is 337. The van der Waals surface area contributed by atoms with Crippen LogP contribution in [0.25, 0.3) is 0 Å². The molecule has 16 heavy (non-hydrogen) atoms. The number of hydrogen-bond acceptors (Lipinski definition) is 3. The third-order valence-corrected chi connectivity index (χ3v) is 2.48. The molecule has 0 aliphatic rings. The van der Waals surface area contributed by atoms with Crippen LogP contribution in [0.1, 0.15) is 16.7 Å². The molecule has 0 saturated carbocycles. The Kier molecular flexibility index (Phi) is 5.29. The molecule has 90 valence electrons. The van der Waals surface area contributed by atoms with Gasteiger partial charge in [0, 0.05) is 6.54 Å². The number of benzene rings is 1. The first-order valence-corrected chi connectivity index (χ1v) is 5.61. The van der Waals surface area contributed by atoms with Crippen LogP contribution in [0.3, 0.4) is 0 Å². The fraction of sp³-hybridized carbons (Fsp3) is 0.538. The number of hydrogen-bond donors (Lipinski definition) is 1. The third-order valence-electron chi connectivity index (χ3n) is 2.48. The molecule has 1 aromatic carbocycles. The standard InChI is InChI=1S/C13H21NO2/c1-10-8-11(2)13(15-3)12(9-10)4-6-16-7-5-14/h8-9H,4-7,14H2,1-3H3. The second kappa shape index (κ2) is 6.51. The van der Waals surface area contributed by atoms with E-state index in [-0.39, 0.29) is 0 Å². The number of methoxy groups -OCH3 is 1. The smallest absolute Gasteiger partial charge is 0.125 e. The number of rotatable bonds is 6. The van der Waals surface area contributed by atoms with Gasteiger partial charge in [-0.2, -0.15) is 0 Å². The molecule has 0 radical (unpaired) electrons. The van der Waals surface area contributed by atoms with Gasteiger partial charge < -0.3 is 15.2 Å². The monoisotopic (exact) mass is 223 g/mol. The number of ether oxygens (including phenoxy) is 2. The van der Waals surface area contributed by atoms with Gasteiger partial charge in [-0.3, -0.25) is 0 Å². The summed E-state index contributed by atoms with van der Waals surface area (Å²) >= 11 is 0. The van der Waals surface area contributed by atoms with Crippen LogP contribution < -0.4 is 10.5 Å². The molecule has 0 atom stereocenters. The number of nitrogens with two attached hydrogens (primary N) is 1. The van der Waals surface area contributed by atoms with Gasteiger partial charge in [-0.25, -0.2) is 0 Å². The first-order valence-electron chi connectivity index (χ1n) is 5.61. The van der Waals surface area contributed by atoms with Crippen molar-refractivity contribution in [2.75, 3.05) is 26.9 Å². The van der Waals surface area contributed by atoms with E-state index < -0.39 is 0 Å². The predicted molar refractivity (Wildman–Crippen MR) is 66.0 cm³/mol. The maximum atomic E-state index is 5.41. The molecule has 0 amide bonds. The molecule has 3 nitrogen and oxygen atoms in total. The summed E-state index contributed by atoms with van der Waals surface area (Å²) in [6, 6.07) is 4.28. The zero-order chi connectivity index (χ0) is 12.0. The molecule has 0 unspecified atom stereocenters. The van der Waals surface area contributed by atoms with Gasteiger partial charge in [0.15, 0.2) is 0 Å². The Morgan fingerprint density at radius 3 is 2.56 bits per heavy atom. The van der Waals surface area contributed by atoms with Gasteiger partial charge in [0.1, 0.15) is 5.75 Å². The van der Waals surface area contributed by atoms with Crippen molar-refractivity contribution in [2.24, 2.45) is 5.73 Å². The van der Waals surface area contributed by atoms with E-state index in [9.17, 15) is 0 Å². The Hall–Kier alpha value is -1.06. The summed E-state index contributed by atoms with van der Waals surface area (Å²) in [6.45, 7) is 6.04. The fourth-order valence-electron chi connectivity index (χ4n) is 1.89. The van der Waals surface area contributed by atoms with Gasteiger partial charge in [-0.05, 0) is 31.4 Å². The van der Waals surface area contributed by atoms with Crippen molar-refractivity contribution in [1.82, 2.24) is 0 Å². The molecule has 0 aliphatic heterocycles. The van der Waals surface area contributed by atoms with Gasteiger partial charge in [0.2, 0.25) is 0 Å². The maximum Gasteiger partial charge on any atom is 0.125 e. The minimum atomic E-state index is 0.573. The molecular formula is C13H21NO2. The summed E-state index contributed by atoms with van der Waals surface area (Å²) in [5.41, 5.74) is 9.00. The van der Waals surface area contributed by atoms with Gasteiger partial charge >= 0.3 is 0 Å². The highest BCUT2D eigenvalue weighted by atomic mass is 16.5. The summed E-state index contributed by atoms with van der Waals surface area (Å²) < 4.78 is 10.8. The van der Waals surface area contributed by atoms with E-state index >= 15 is 0 Å². The van der Waals surface area contributed by atoms with Crippen molar-refractivity contribution < 1.29 is 9.47 Å². The predicted octanol–water partition coefficient (Wildman–Crippen LogP) is 1.83. The molecular weight excluding hydrogens is 202 g/mol. The Labute approximate surface area is 97.6 Å². The lowest BCUT2D eigenvalue weighted by molar-refractivity contribution is 0.144. The van der Waals surface area contributed by atoms with Crippen LogP contribution in [0, 0.1) is 13.8 Å². The van der Waals surface area contributed by atoms with E-state index in [1.807, 2.05) is 0 Å². The zero-order valence-corrected chi connectivity index (χ0v) is 10.4. The van der Waals surface area contributed by atoms with E-state index in [0.717, 1.165) is 12.2 Å². The van der Waals surface area contributed by atoms with Gasteiger partial charge in [0.05, 0.1) is 20.3 Å². The van der Waals surface area contributed by atoms with Crippen molar-refractivity contribution in [1.29, 1.82) is 0 Å². The minimum Gasteiger partial charge on any atom is -0.496 e. The average Bonchev–Trinajstić information content (AvgIpc) is 2.24. The molecule has 0 fully saturated rings. The van der Waals surface area contributed by atoms with Crippen LogP contribution in [-0.2, 0) is 11.2 Å². The van der Waals surface area contributed by atoms with Gasteiger partial charge in [-0.15, -0.1) is 0 Å². The van der Waals surface area contributed by atoms with E-state index in [0.29, 0.717) is 19.8 Å². The van der Waals surface area contributed by atoms with Crippen molar-refractivity contribution in [3.63, 3.8) is 0 Å². The highest BCUT2D eigenvalue weighted by molar-refractivity contribution is 5.43. The lowest BCUT2D eigenvalue weighted by atomic mass is 10.0. The SMILES string of the molecule is COc1c(C)cc(C)cc1CCOCCN. The lowest BCUT2D eigenvalue weighted by Crippen LogP contribution is -2.10. The van der Waals surface area contributed by atoms with Gasteiger partial charge in [-0.1, -0.05) is 17.7 Å². The van der Waals surface area contributed by atoms with E-state index in [1.165, 1.54) is 16.7 Å². The summed E-state index contributed by atoms with van der Waals surface area (Å²) in [5.74, 6) is 0.974. The van der Waals surface area contributed by atoms with Crippen LogP contribution in [0.2, 0.25) is 0 Å². The summed E-state index contributed by atoms with van der Waals surface area (Å²) in [6.07, 6.45) is 0.867. The Morgan fingerprint density at radius 1 is 1.19 bits per heavy atom. The van der Waals surface area contributed by atoms with E-state index in [1.54, 1.807) is 7.11 Å². The highest BCUT2D eigenvalue weighted by Gasteiger charge is 2.07. The summed E-state index contributed by atoms with van der Waals surface area (Å²) in [5, 5.41) is 0. The minimum absolute atomic E-state index is 0.573. The fourth-order valence-corrected chi connectivity index (χ4v) is 1.89. The molecule has 0 heterocycles. The second-order valence-corrected chi connectivity index (χ2v) is 3.93. The lowest BCUT2D eigenvalue weighted by Gasteiger charge is -2.12. The number of aryl methyl sites for hydroxylation is 2. The molecule has 0 aromatic heterocycles. The van der Waals surface area contributed by atoms with Crippen LogP contribution in [0.4, 0.5) is 0 Å². The Balaban J connectivity index is 2.69. The average molecular weight is 223 g/mol. The molecule has 0 aliphatic carbocycles. The van der Waals surface area contributed by atoms with Crippen LogP contribution >= 0.6 is 0 Å². The Morgan fingerprint density at radius 2 is 1.94 bits per heavy atom. The molecule has 1 rings (SSSR count). The highest BCUT2D eigenvalue weighted by Crippen LogP contribution is 2.25. The van der Waals surface area contributed by atoms with E-state index in [2.05, 4.69) is 26.0 Å². The molecule has 1 aromatic rings. The first kappa shape index (κ1) is 13.0. The summed E-state index contributed by atoms with van der Waals surface area (Å²) in [7, 11) is 1.71. The van der Waals surface area contributed by atoms with Crippen molar-refractivity contribution >= 4 is 0 Å². The second-order valence-electron chi connectivity index (χ2n) is 3.93. The molecule has 0 bridgehead atoms. The quantitative estimate of drug-likeness (QED) is 0.748. The largest absolute Gasteiger partial charge is 0.496 e. The third kappa shape index (κ3) is 3.51. The topological polar surface area (TPSA) is 44.5 Å². The molecule has 0 spiro atoms. The maximum absolute atomic E-state index is 5.41. The molecule has 0 saturated heterocycles. The zero-order valence-electron chi connectivity index (χ0n) is 10.4. The van der Waals surface area contributed by atoms with Crippen LogP contribution in [0.15, 0.2) is 12.1 Å². The molecule has 2 N–H and O–H groups in total. The van der Waals surface area contributed by atoms with Crippen molar-refractivity contribution in [3.8, 4) is 5.75 Å². The summed E-state index contributed by atoms with van der Waals surface area (Å²) in [4.78, 5) is 0.